The molecule has 2 aromatic carbocycles. The standard InChI is InChI=1S/C14H12N4/c1-11-5-7-12(8-6-11)13-3-2-4-14(9-13)18-16-10-15-17-18/h2-10H,1H3. The summed E-state index contributed by atoms with van der Waals surface area (Å²) in [6.07, 6.45) is 1.43. The van der Waals surface area contributed by atoms with Gasteiger partial charge in [0.25, 0.3) is 0 Å². The van der Waals surface area contributed by atoms with E-state index in [1.807, 2.05) is 18.2 Å². The van der Waals surface area contributed by atoms with Gasteiger partial charge in [-0.05, 0) is 35.4 Å². The van der Waals surface area contributed by atoms with Gasteiger partial charge in [-0.25, -0.2) is 0 Å². The molecule has 88 valence electrons. The van der Waals surface area contributed by atoms with Gasteiger partial charge in [-0.3, -0.25) is 0 Å². The summed E-state index contributed by atoms with van der Waals surface area (Å²) in [5, 5.41) is 11.6. The van der Waals surface area contributed by atoms with E-state index in [0.29, 0.717) is 0 Å². The third-order valence-corrected chi connectivity index (χ3v) is 2.81. The van der Waals surface area contributed by atoms with Crippen molar-refractivity contribution in [3.63, 3.8) is 0 Å². The molecule has 0 aliphatic rings. The number of hydrogen-bond acceptors (Lipinski definition) is 3. The van der Waals surface area contributed by atoms with Gasteiger partial charge in [0.15, 0.2) is 6.33 Å². The Morgan fingerprint density at radius 3 is 2.50 bits per heavy atom. The van der Waals surface area contributed by atoms with Gasteiger partial charge in [0.1, 0.15) is 0 Å². The van der Waals surface area contributed by atoms with E-state index in [2.05, 4.69) is 52.7 Å². The van der Waals surface area contributed by atoms with E-state index in [4.69, 9.17) is 0 Å². The molecular weight excluding hydrogens is 224 g/mol. The van der Waals surface area contributed by atoms with E-state index < -0.39 is 0 Å². The van der Waals surface area contributed by atoms with Crippen LogP contribution in [0.15, 0.2) is 54.9 Å². The minimum atomic E-state index is 0.908. The number of aryl methyl sites for hydroxylation is 1. The predicted molar refractivity (Wildman–Crippen MR) is 69.3 cm³/mol. The maximum absolute atomic E-state index is 4.03. The number of rotatable bonds is 2. The van der Waals surface area contributed by atoms with Gasteiger partial charge in [-0.1, -0.05) is 42.0 Å². The second-order valence-corrected chi connectivity index (χ2v) is 4.14. The summed E-state index contributed by atoms with van der Waals surface area (Å²) in [4.78, 5) is 1.51. The van der Waals surface area contributed by atoms with E-state index in [1.165, 1.54) is 22.3 Å². The average molecular weight is 236 g/mol. The molecule has 3 aromatic rings. The number of tetrazole rings is 1. The molecule has 4 nitrogen and oxygen atoms in total. The van der Waals surface area contributed by atoms with Crippen molar-refractivity contribution in [2.75, 3.05) is 0 Å². The summed E-state index contributed by atoms with van der Waals surface area (Å²) in [5.74, 6) is 0. The molecule has 0 radical (unpaired) electrons. The first kappa shape index (κ1) is 10.7. The van der Waals surface area contributed by atoms with Crippen molar-refractivity contribution in [1.82, 2.24) is 20.2 Å². The first-order chi connectivity index (χ1) is 8.83. The Labute approximate surface area is 105 Å². The predicted octanol–water partition coefficient (Wildman–Crippen LogP) is 2.64. The highest BCUT2D eigenvalue weighted by Gasteiger charge is 2.02. The number of hydrogen-bond donors (Lipinski definition) is 0. The molecule has 18 heavy (non-hydrogen) atoms. The molecule has 0 amide bonds. The van der Waals surface area contributed by atoms with Gasteiger partial charge < -0.3 is 0 Å². The van der Waals surface area contributed by atoms with Crippen LogP contribution in [0.25, 0.3) is 16.8 Å². The van der Waals surface area contributed by atoms with Crippen molar-refractivity contribution < 1.29 is 0 Å². The van der Waals surface area contributed by atoms with Crippen LogP contribution >= 0.6 is 0 Å². The maximum atomic E-state index is 4.03. The molecule has 0 saturated heterocycles. The maximum Gasteiger partial charge on any atom is 0.162 e. The van der Waals surface area contributed by atoms with Gasteiger partial charge in [-0.15, -0.1) is 15.0 Å². The zero-order chi connectivity index (χ0) is 12.4. The van der Waals surface area contributed by atoms with Crippen LogP contribution in [0.2, 0.25) is 0 Å². The Hall–Kier alpha value is -2.49. The lowest BCUT2D eigenvalue weighted by Gasteiger charge is -2.04. The summed E-state index contributed by atoms with van der Waals surface area (Å²) in [7, 11) is 0. The molecule has 0 aliphatic heterocycles. The Morgan fingerprint density at radius 2 is 1.78 bits per heavy atom. The quantitative estimate of drug-likeness (QED) is 0.687. The molecule has 0 fully saturated rings. The molecule has 1 aromatic heterocycles. The Kier molecular flexibility index (Phi) is 2.61. The summed E-state index contributed by atoms with van der Waals surface area (Å²) in [6, 6.07) is 16.5. The van der Waals surface area contributed by atoms with Crippen molar-refractivity contribution in [3.05, 3.63) is 60.4 Å². The van der Waals surface area contributed by atoms with Crippen molar-refractivity contribution in [3.8, 4) is 16.8 Å². The van der Waals surface area contributed by atoms with E-state index in [0.717, 1.165) is 11.3 Å². The number of nitrogens with zero attached hydrogens (tertiary/aromatic N) is 4. The highest BCUT2D eigenvalue weighted by molar-refractivity contribution is 5.65. The first-order valence-corrected chi connectivity index (χ1v) is 5.73. The topological polar surface area (TPSA) is 43.6 Å². The fourth-order valence-electron chi connectivity index (χ4n) is 1.84. The van der Waals surface area contributed by atoms with E-state index in [9.17, 15) is 0 Å². The van der Waals surface area contributed by atoms with Gasteiger partial charge >= 0.3 is 0 Å². The molecule has 0 N–H and O–H groups in total. The molecular formula is C14H12N4. The average Bonchev–Trinajstić information content (AvgIpc) is 2.94. The molecule has 4 heteroatoms. The lowest BCUT2D eigenvalue weighted by Crippen LogP contribution is -1.98. The second kappa shape index (κ2) is 4.41. The lowest BCUT2D eigenvalue weighted by atomic mass is 10.0. The van der Waals surface area contributed by atoms with Crippen molar-refractivity contribution in [1.29, 1.82) is 0 Å². The van der Waals surface area contributed by atoms with E-state index >= 15 is 0 Å². The van der Waals surface area contributed by atoms with Crippen LogP contribution in [0.3, 0.4) is 0 Å². The SMILES string of the molecule is Cc1ccc(-c2cccc(-n3ncnn3)c2)cc1. The first-order valence-electron chi connectivity index (χ1n) is 5.73. The van der Waals surface area contributed by atoms with Crippen LogP contribution in [0.5, 0.6) is 0 Å². The number of aromatic nitrogens is 4. The van der Waals surface area contributed by atoms with Crippen LogP contribution in [0.4, 0.5) is 0 Å². The third kappa shape index (κ3) is 2.00. The van der Waals surface area contributed by atoms with Crippen LogP contribution in [-0.4, -0.2) is 20.2 Å². The van der Waals surface area contributed by atoms with E-state index in [1.54, 1.807) is 0 Å². The molecule has 0 bridgehead atoms. The van der Waals surface area contributed by atoms with E-state index in [-0.39, 0.29) is 0 Å². The highest BCUT2D eigenvalue weighted by atomic mass is 15.6. The summed E-state index contributed by atoms with van der Waals surface area (Å²) < 4.78 is 0. The van der Waals surface area contributed by atoms with Crippen LogP contribution < -0.4 is 0 Å². The molecule has 0 saturated carbocycles. The smallest absolute Gasteiger partial charge is 0.135 e. The fraction of sp³-hybridized carbons (Fsp3) is 0.0714. The van der Waals surface area contributed by atoms with Crippen LogP contribution in [0, 0.1) is 6.92 Å². The second-order valence-electron chi connectivity index (χ2n) is 4.14. The molecule has 0 spiro atoms. The molecule has 3 rings (SSSR count). The minimum Gasteiger partial charge on any atom is -0.135 e. The van der Waals surface area contributed by atoms with Crippen LogP contribution in [0.1, 0.15) is 5.56 Å². The largest absolute Gasteiger partial charge is 0.162 e. The zero-order valence-electron chi connectivity index (χ0n) is 9.99. The Balaban J connectivity index is 2.03. The Bertz CT molecular complexity index is 642. The molecule has 0 unspecified atom stereocenters. The number of benzene rings is 2. The summed E-state index contributed by atoms with van der Waals surface area (Å²) in [6.45, 7) is 2.08. The van der Waals surface area contributed by atoms with Crippen molar-refractivity contribution >= 4 is 0 Å². The van der Waals surface area contributed by atoms with Crippen molar-refractivity contribution in [2.45, 2.75) is 6.92 Å². The fourth-order valence-corrected chi connectivity index (χ4v) is 1.84. The van der Waals surface area contributed by atoms with Crippen molar-refractivity contribution in [2.24, 2.45) is 0 Å². The molecule has 0 aliphatic carbocycles. The normalized spacial score (nSPS) is 10.5. The summed E-state index contributed by atoms with van der Waals surface area (Å²) in [5.41, 5.74) is 4.49. The minimum absolute atomic E-state index is 0.908. The highest BCUT2D eigenvalue weighted by Crippen LogP contribution is 2.21. The Morgan fingerprint density at radius 1 is 0.944 bits per heavy atom. The molecule has 0 atom stereocenters. The molecule has 1 heterocycles. The van der Waals surface area contributed by atoms with Gasteiger partial charge in [0.2, 0.25) is 0 Å². The van der Waals surface area contributed by atoms with Gasteiger partial charge in [-0.2, -0.15) is 0 Å². The third-order valence-electron chi connectivity index (χ3n) is 2.81. The zero-order valence-corrected chi connectivity index (χ0v) is 9.99. The van der Waals surface area contributed by atoms with Gasteiger partial charge in [0, 0.05) is 0 Å². The lowest BCUT2D eigenvalue weighted by molar-refractivity contribution is 0.720. The summed E-state index contributed by atoms with van der Waals surface area (Å²) >= 11 is 0. The van der Waals surface area contributed by atoms with Gasteiger partial charge in [0.05, 0.1) is 5.69 Å². The van der Waals surface area contributed by atoms with Crippen LogP contribution in [-0.2, 0) is 0 Å². The monoisotopic (exact) mass is 236 g/mol.